The molecule has 0 saturated carbocycles. The number of hydrogen-bond donors (Lipinski definition) is 3. The Kier molecular flexibility index (Phi) is 10.3. The summed E-state index contributed by atoms with van der Waals surface area (Å²) in [6, 6.07) is 7.72. The molecule has 1 aromatic carbocycles. The van der Waals surface area contributed by atoms with Gasteiger partial charge in [0.25, 0.3) is 0 Å². The molecule has 0 aliphatic rings. The summed E-state index contributed by atoms with van der Waals surface area (Å²) < 4.78 is 5.79. The van der Waals surface area contributed by atoms with Crippen molar-refractivity contribution in [1.82, 2.24) is 20.5 Å². The zero-order valence-electron chi connectivity index (χ0n) is 18.6. The Morgan fingerprint density at radius 1 is 1.20 bits per heavy atom. The van der Waals surface area contributed by atoms with E-state index in [-0.39, 0.29) is 35.3 Å². The number of aromatic nitrogens is 1. The third-order valence-electron chi connectivity index (χ3n) is 4.05. The molecule has 0 aliphatic carbocycles. The minimum atomic E-state index is -0.0713. The maximum atomic E-state index is 11.9. The van der Waals surface area contributed by atoms with Crippen molar-refractivity contribution < 1.29 is 9.21 Å². The van der Waals surface area contributed by atoms with E-state index in [9.17, 15) is 4.79 Å². The van der Waals surface area contributed by atoms with Crippen LogP contribution in [0.4, 0.5) is 5.69 Å². The van der Waals surface area contributed by atoms with E-state index >= 15 is 0 Å². The number of benzene rings is 1. The average molecular weight is 528 g/mol. The third-order valence-corrected chi connectivity index (χ3v) is 4.05. The van der Waals surface area contributed by atoms with Crippen molar-refractivity contribution in [3.05, 3.63) is 47.7 Å². The van der Waals surface area contributed by atoms with E-state index in [1.807, 2.05) is 43.3 Å². The number of halogens is 1. The van der Waals surface area contributed by atoms with Crippen molar-refractivity contribution in [2.24, 2.45) is 4.99 Å². The number of rotatable bonds is 7. The zero-order chi connectivity index (χ0) is 21.4. The topological polar surface area (TPSA) is 94.8 Å². The Bertz CT molecular complexity index is 842. The number of anilines is 1. The lowest BCUT2D eigenvalue weighted by atomic mass is 9.94. The van der Waals surface area contributed by atoms with Gasteiger partial charge in [0, 0.05) is 24.7 Å². The van der Waals surface area contributed by atoms with Gasteiger partial charge in [0.15, 0.2) is 5.96 Å². The van der Waals surface area contributed by atoms with E-state index < -0.39 is 0 Å². The van der Waals surface area contributed by atoms with Crippen LogP contribution in [0.15, 0.2) is 39.9 Å². The highest BCUT2D eigenvalue weighted by molar-refractivity contribution is 14.0. The molecule has 8 nitrogen and oxygen atoms in total. The quantitative estimate of drug-likeness (QED) is 0.291. The van der Waals surface area contributed by atoms with Crippen molar-refractivity contribution in [2.75, 3.05) is 33.0 Å². The second kappa shape index (κ2) is 11.9. The molecular weight excluding hydrogens is 495 g/mol. The zero-order valence-corrected chi connectivity index (χ0v) is 20.9. The van der Waals surface area contributed by atoms with Crippen LogP contribution in [0.25, 0.3) is 0 Å². The van der Waals surface area contributed by atoms with Crippen molar-refractivity contribution in [2.45, 2.75) is 39.3 Å². The predicted molar refractivity (Wildman–Crippen MR) is 131 cm³/mol. The number of likely N-dealkylation sites (N-methyl/N-ethyl adjacent to an activating group) is 1. The SMILES string of the molecule is CN=C(NCc1cccc(NC(=O)CN(C)C)c1)NCc1ncc(C(C)(C)C)o1.I. The highest BCUT2D eigenvalue weighted by Gasteiger charge is 2.19. The molecule has 1 aromatic heterocycles. The molecule has 166 valence electrons. The smallest absolute Gasteiger partial charge is 0.238 e. The maximum absolute atomic E-state index is 11.9. The summed E-state index contributed by atoms with van der Waals surface area (Å²) in [5.41, 5.74) is 1.73. The number of carbonyl (C=O) groups excluding carboxylic acids is 1. The second-order valence-electron chi connectivity index (χ2n) is 8.13. The van der Waals surface area contributed by atoms with Crippen LogP contribution < -0.4 is 16.0 Å². The van der Waals surface area contributed by atoms with Gasteiger partial charge in [0.05, 0.1) is 19.3 Å². The van der Waals surface area contributed by atoms with Gasteiger partial charge < -0.3 is 25.3 Å². The van der Waals surface area contributed by atoms with E-state index in [1.165, 1.54) is 0 Å². The lowest BCUT2D eigenvalue weighted by Gasteiger charge is -2.14. The van der Waals surface area contributed by atoms with Crippen LogP contribution in [0.3, 0.4) is 0 Å². The number of guanidine groups is 1. The van der Waals surface area contributed by atoms with Crippen molar-refractivity contribution in [1.29, 1.82) is 0 Å². The summed E-state index contributed by atoms with van der Waals surface area (Å²) in [5, 5.41) is 9.35. The average Bonchev–Trinajstić information content (AvgIpc) is 3.11. The summed E-state index contributed by atoms with van der Waals surface area (Å²) >= 11 is 0. The van der Waals surface area contributed by atoms with Gasteiger partial charge in [-0.2, -0.15) is 0 Å². The monoisotopic (exact) mass is 528 g/mol. The molecule has 2 aromatic rings. The van der Waals surface area contributed by atoms with E-state index in [4.69, 9.17) is 4.42 Å². The molecule has 0 saturated heterocycles. The molecule has 2 rings (SSSR count). The fourth-order valence-corrected chi connectivity index (χ4v) is 2.55. The van der Waals surface area contributed by atoms with Gasteiger partial charge in [-0.1, -0.05) is 32.9 Å². The first-order valence-electron chi connectivity index (χ1n) is 9.60. The van der Waals surface area contributed by atoms with Crippen LogP contribution in [-0.2, 0) is 23.3 Å². The van der Waals surface area contributed by atoms with Gasteiger partial charge in [-0.15, -0.1) is 24.0 Å². The summed E-state index contributed by atoms with van der Waals surface area (Å²) in [6.45, 7) is 7.61. The van der Waals surface area contributed by atoms with Gasteiger partial charge in [0.2, 0.25) is 11.8 Å². The van der Waals surface area contributed by atoms with Crippen LogP contribution in [0.1, 0.15) is 38.0 Å². The molecule has 9 heteroatoms. The Labute approximate surface area is 195 Å². The van der Waals surface area contributed by atoms with Crippen LogP contribution in [0, 0.1) is 0 Å². The number of carbonyl (C=O) groups is 1. The summed E-state index contributed by atoms with van der Waals surface area (Å²) in [4.78, 5) is 22.3. The minimum Gasteiger partial charge on any atom is -0.443 e. The number of oxazole rings is 1. The molecule has 1 amide bonds. The first-order valence-corrected chi connectivity index (χ1v) is 9.60. The normalized spacial score (nSPS) is 11.8. The molecule has 0 aliphatic heterocycles. The van der Waals surface area contributed by atoms with E-state index in [1.54, 1.807) is 13.2 Å². The maximum Gasteiger partial charge on any atom is 0.238 e. The van der Waals surface area contributed by atoms with Crippen LogP contribution >= 0.6 is 24.0 Å². The molecule has 0 atom stereocenters. The molecular formula is C21H33IN6O2. The summed E-state index contributed by atoms with van der Waals surface area (Å²) in [5.74, 6) is 2.06. The summed E-state index contributed by atoms with van der Waals surface area (Å²) in [6.07, 6.45) is 1.77. The number of hydrogen-bond acceptors (Lipinski definition) is 5. The lowest BCUT2D eigenvalue weighted by Crippen LogP contribution is -2.36. The van der Waals surface area contributed by atoms with E-state index in [2.05, 4.69) is 46.7 Å². The fourth-order valence-electron chi connectivity index (χ4n) is 2.55. The molecule has 0 unspecified atom stereocenters. The van der Waals surface area contributed by atoms with Gasteiger partial charge in [-0.3, -0.25) is 9.79 Å². The highest BCUT2D eigenvalue weighted by Crippen LogP contribution is 2.22. The summed E-state index contributed by atoms with van der Waals surface area (Å²) in [7, 11) is 5.44. The molecule has 1 heterocycles. The molecule has 0 radical (unpaired) electrons. The Hall–Kier alpha value is -2.14. The van der Waals surface area contributed by atoms with E-state index in [0.29, 0.717) is 31.5 Å². The number of aliphatic imine (C=N–C) groups is 1. The highest BCUT2D eigenvalue weighted by atomic mass is 127. The molecule has 0 spiro atoms. The fraction of sp³-hybridized carbons (Fsp3) is 0.476. The largest absolute Gasteiger partial charge is 0.443 e. The molecule has 0 bridgehead atoms. The van der Waals surface area contributed by atoms with Gasteiger partial charge >= 0.3 is 0 Å². The molecule has 30 heavy (non-hydrogen) atoms. The van der Waals surface area contributed by atoms with Crippen molar-refractivity contribution >= 4 is 41.5 Å². The van der Waals surface area contributed by atoms with Gasteiger partial charge in [0.1, 0.15) is 5.76 Å². The number of amides is 1. The predicted octanol–water partition coefficient (Wildman–Crippen LogP) is 2.96. The van der Waals surface area contributed by atoms with Gasteiger partial charge in [-0.25, -0.2) is 4.98 Å². The minimum absolute atomic E-state index is 0. The van der Waals surface area contributed by atoms with Crippen molar-refractivity contribution in [3.8, 4) is 0 Å². The third kappa shape index (κ3) is 8.70. The van der Waals surface area contributed by atoms with Crippen LogP contribution in [0.5, 0.6) is 0 Å². The molecule has 3 N–H and O–H groups in total. The van der Waals surface area contributed by atoms with Crippen LogP contribution in [-0.4, -0.2) is 49.4 Å². The van der Waals surface area contributed by atoms with Gasteiger partial charge in [-0.05, 0) is 31.8 Å². The molecule has 0 fully saturated rings. The first kappa shape index (κ1) is 25.9. The number of nitrogens with zero attached hydrogens (tertiary/aromatic N) is 3. The van der Waals surface area contributed by atoms with Crippen LogP contribution in [0.2, 0.25) is 0 Å². The standard InChI is InChI=1S/C21H32N6O2.HI/c1-21(2,3)17-12-23-19(29-17)13-25-20(22-4)24-11-15-8-7-9-16(10-15)26-18(28)14-27(5)6;/h7-10,12H,11,13-14H2,1-6H3,(H,26,28)(H2,22,24,25);1H. The van der Waals surface area contributed by atoms with E-state index in [0.717, 1.165) is 17.0 Å². The Balaban J connectivity index is 0.00000450. The Morgan fingerprint density at radius 3 is 2.50 bits per heavy atom. The van der Waals surface area contributed by atoms with Crippen molar-refractivity contribution in [3.63, 3.8) is 0 Å². The second-order valence-corrected chi connectivity index (χ2v) is 8.13. The Morgan fingerprint density at radius 2 is 1.90 bits per heavy atom. The first-order chi connectivity index (χ1) is 13.7. The lowest BCUT2D eigenvalue weighted by molar-refractivity contribution is -0.116. The number of nitrogens with one attached hydrogen (secondary N) is 3.